The molecule has 0 fully saturated rings. The molecule has 50 heavy (non-hydrogen) atoms. The Balaban J connectivity index is 1.37. The fraction of sp³-hybridized carbons (Fsp3) is 0. The summed E-state index contributed by atoms with van der Waals surface area (Å²) in [5.74, 6) is -0.125. The lowest BCUT2D eigenvalue weighted by molar-refractivity contribution is 0.669. The van der Waals surface area contributed by atoms with E-state index in [1.807, 2.05) is 30.3 Å². The lowest BCUT2D eigenvalue weighted by atomic mass is 10.1. The van der Waals surface area contributed by atoms with Gasteiger partial charge in [0, 0.05) is 43.9 Å². The summed E-state index contributed by atoms with van der Waals surface area (Å²) in [4.78, 5) is 14.4. The second-order valence-corrected chi connectivity index (χ2v) is 11.2. The molecule has 0 radical (unpaired) electrons. The molecule has 0 saturated heterocycles. The second-order valence-electron chi connectivity index (χ2n) is 11.2. The van der Waals surface area contributed by atoms with Crippen LogP contribution in [0.5, 0.6) is 0 Å². The molecule has 0 aliphatic rings. The number of hydrogen-bond donors (Lipinski definition) is 0. The molecule has 0 bridgehead atoms. The van der Waals surface area contributed by atoms with Gasteiger partial charge in [-0.3, -0.25) is 0 Å². The maximum absolute atomic E-state index is 9.48. The lowest BCUT2D eigenvalue weighted by Gasteiger charge is -2.13. The van der Waals surface area contributed by atoms with Crippen molar-refractivity contribution in [2.75, 3.05) is 0 Å². The molecule has 0 N–H and O–H groups in total. The largest absolute Gasteiger partial charge is 0.456 e. The summed E-state index contributed by atoms with van der Waals surface area (Å²) in [6.07, 6.45) is 0. The van der Waals surface area contributed by atoms with Crippen LogP contribution in [-0.4, -0.2) is 19.5 Å². The van der Waals surface area contributed by atoms with Gasteiger partial charge < -0.3 is 8.98 Å². The number of aromatic nitrogens is 4. The molecule has 0 saturated carbocycles. The van der Waals surface area contributed by atoms with Crippen molar-refractivity contribution < 1.29 is 26.3 Å². The van der Waals surface area contributed by atoms with E-state index in [0.29, 0.717) is 22.3 Å². The number of nitrogens with zero attached hydrogens (tertiary/aromatic N) is 4. The van der Waals surface area contributed by atoms with E-state index in [1.54, 1.807) is 42.5 Å². The van der Waals surface area contributed by atoms with Gasteiger partial charge in [0.15, 0.2) is 17.5 Å². The molecular weight excluding hydrogens is 613 g/mol. The van der Waals surface area contributed by atoms with Crippen molar-refractivity contribution in [2.45, 2.75) is 0 Å². The highest BCUT2D eigenvalue weighted by molar-refractivity contribution is 6.13. The maximum atomic E-state index is 9.48. The Morgan fingerprint density at radius 3 is 2.00 bits per heavy atom. The van der Waals surface area contributed by atoms with Crippen LogP contribution in [0.1, 0.15) is 21.9 Å². The average molecular weight is 657 g/mol. The van der Waals surface area contributed by atoms with Crippen molar-refractivity contribution in [3.05, 3.63) is 169 Å². The minimum atomic E-state index is -0.872. The van der Waals surface area contributed by atoms with Crippen molar-refractivity contribution in [3.63, 3.8) is 0 Å². The zero-order chi connectivity index (χ0) is 46.9. The van der Waals surface area contributed by atoms with Gasteiger partial charge in [-0.15, -0.1) is 0 Å². The van der Waals surface area contributed by atoms with E-state index in [2.05, 4.69) is 0 Å². The molecule has 10 rings (SSSR count). The second kappa shape index (κ2) is 11.4. The topological polar surface area (TPSA) is 56.7 Å². The molecule has 3 heterocycles. The quantitative estimate of drug-likeness (QED) is 0.185. The molecule has 0 unspecified atom stereocenters. The number of rotatable bonds is 5. The van der Waals surface area contributed by atoms with E-state index in [9.17, 15) is 9.60 Å². The summed E-state index contributed by atoms with van der Waals surface area (Å²) in [6, 6.07) is 9.31. The van der Waals surface area contributed by atoms with Crippen LogP contribution in [0.15, 0.2) is 174 Å². The minimum Gasteiger partial charge on any atom is -0.456 e. The summed E-state index contributed by atoms with van der Waals surface area (Å²) in [7, 11) is 0. The van der Waals surface area contributed by atoms with Gasteiger partial charge in [0.05, 0.1) is 33.0 Å². The SMILES string of the molecule is [2H]c1c([2H])c([2H])c(-c2c([2H])c([2H])c(-n3c4c([2H])c([2H])c([2H])c([2H])c4c4c([2H])c([2H])c([2H])c(-c5nc(-c6ccccc6)nc(-c6ccc7c(c6)oc6ccccc67)n5)c43)c([2H])c2[2H])c([2H])c1[2H]. The molecule has 10 aromatic rings. The molecule has 7 aromatic carbocycles. The Kier molecular flexibility index (Phi) is 3.76. The van der Waals surface area contributed by atoms with Crippen LogP contribution in [0.2, 0.25) is 0 Å². The third-order valence-electron chi connectivity index (χ3n) is 8.33. The molecule has 5 heteroatoms. The van der Waals surface area contributed by atoms with Gasteiger partial charge in [-0.25, -0.2) is 15.0 Å². The van der Waals surface area contributed by atoms with Crippen LogP contribution in [0.3, 0.4) is 0 Å². The van der Waals surface area contributed by atoms with E-state index in [0.717, 1.165) is 15.3 Å². The van der Waals surface area contributed by atoms with Gasteiger partial charge >= 0.3 is 0 Å². The summed E-state index contributed by atoms with van der Waals surface area (Å²) < 4.78 is 150. The number of fused-ring (bicyclic) bond motifs is 6. The first-order valence-corrected chi connectivity index (χ1v) is 15.4. The predicted molar refractivity (Wildman–Crippen MR) is 203 cm³/mol. The standard InChI is InChI=1S/C45H28N4O/c1-3-12-29(13-4-1)30-22-25-33(26-23-30)49-39-20-9-7-16-34(39)37-18-11-19-38(42(37)49)45-47-43(31-14-5-2-6-15-31)46-44(48-45)32-24-27-36-35-17-8-10-21-40(35)50-41(36)28-32/h1-28H/i1D,3D,4D,7D,9D,11D,12D,13D,16D,18D,19D,20D,22D,23D,25D,26D. The molecule has 5 nitrogen and oxygen atoms in total. The highest BCUT2D eigenvalue weighted by atomic mass is 16.3. The van der Waals surface area contributed by atoms with Crippen LogP contribution in [0, 0.1) is 0 Å². The van der Waals surface area contributed by atoms with E-state index in [1.165, 1.54) is 0 Å². The molecule has 0 atom stereocenters. The van der Waals surface area contributed by atoms with Crippen LogP contribution >= 0.6 is 0 Å². The highest BCUT2D eigenvalue weighted by Crippen LogP contribution is 2.39. The van der Waals surface area contributed by atoms with Crippen LogP contribution in [0.25, 0.3) is 94.7 Å². The van der Waals surface area contributed by atoms with Crippen LogP contribution in [0.4, 0.5) is 0 Å². The van der Waals surface area contributed by atoms with Gasteiger partial charge in [0.2, 0.25) is 0 Å². The normalized spacial score (nSPS) is 16.1. The Hall–Kier alpha value is -6.85. The summed E-state index contributed by atoms with van der Waals surface area (Å²) >= 11 is 0. The first-order valence-electron chi connectivity index (χ1n) is 23.4. The van der Waals surface area contributed by atoms with Crippen molar-refractivity contribution >= 4 is 43.7 Å². The zero-order valence-corrected chi connectivity index (χ0v) is 25.6. The molecule has 0 aliphatic carbocycles. The molecule has 234 valence electrons. The minimum absolute atomic E-state index is 0.0642. The molecule has 0 amide bonds. The smallest absolute Gasteiger partial charge is 0.166 e. The third-order valence-corrected chi connectivity index (χ3v) is 8.33. The average Bonchev–Trinajstić information content (AvgIpc) is 3.87. The summed E-state index contributed by atoms with van der Waals surface area (Å²) in [5.41, 5.74) is -0.883. The zero-order valence-electron chi connectivity index (χ0n) is 41.6. The highest BCUT2D eigenvalue weighted by Gasteiger charge is 2.20. The van der Waals surface area contributed by atoms with E-state index in [-0.39, 0.29) is 39.3 Å². The monoisotopic (exact) mass is 656 g/mol. The number of benzene rings is 7. The van der Waals surface area contributed by atoms with Gasteiger partial charge in [-0.05, 0) is 53.5 Å². The Morgan fingerprint density at radius 2 is 1.14 bits per heavy atom. The fourth-order valence-electron chi connectivity index (χ4n) is 6.07. The van der Waals surface area contributed by atoms with Gasteiger partial charge in [0.25, 0.3) is 0 Å². The number of furan rings is 1. The Morgan fingerprint density at radius 1 is 0.460 bits per heavy atom. The molecule has 3 aromatic heterocycles. The van der Waals surface area contributed by atoms with Gasteiger partial charge in [-0.1, -0.05) is 127 Å². The first-order chi connectivity index (χ1) is 31.4. The van der Waals surface area contributed by atoms with E-state index < -0.39 is 119 Å². The van der Waals surface area contributed by atoms with Crippen molar-refractivity contribution in [2.24, 2.45) is 0 Å². The van der Waals surface area contributed by atoms with Crippen molar-refractivity contribution in [1.82, 2.24) is 19.5 Å². The fourth-order valence-corrected chi connectivity index (χ4v) is 6.07. The Bertz CT molecular complexity index is 3740. The maximum Gasteiger partial charge on any atom is 0.166 e. The lowest BCUT2D eigenvalue weighted by Crippen LogP contribution is -2.02. The van der Waals surface area contributed by atoms with Crippen molar-refractivity contribution in [3.8, 4) is 51.0 Å². The molecule has 0 spiro atoms. The first kappa shape index (κ1) is 16.5. The van der Waals surface area contributed by atoms with Gasteiger partial charge in [0.1, 0.15) is 11.2 Å². The number of hydrogen-bond acceptors (Lipinski definition) is 4. The van der Waals surface area contributed by atoms with E-state index >= 15 is 0 Å². The summed E-state index contributed by atoms with van der Waals surface area (Å²) in [5, 5.41) is 1.04. The van der Waals surface area contributed by atoms with Crippen LogP contribution < -0.4 is 0 Å². The van der Waals surface area contributed by atoms with Crippen molar-refractivity contribution in [1.29, 1.82) is 0 Å². The predicted octanol–water partition coefficient (Wildman–Crippen LogP) is 11.5. The number of para-hydroxylation sites is 3. The van der Waals surface area contributed by atoms with Crippen LogP contribution in [-0.2, 0) is 0 Å². The molecular formula is C45H28N4O. The molecule has 0 aliphatic heterocycles. The summed E-state index contributed by atoms with van der Waals surface area (Å²) in [6.45, 7) is 0. The van der Waals surface area contributed by atoms with Gasteiger partial charge in [-0.2, -0.15) is 0 Å². The van der Waals surface area contributed by atoms with E-state index in [4.69, 9.17) is 31.7 Å². The third kappa shape index (κ3) is 4.60. The Labute approximate surface area is 310 Å².